The molecule has 1 amide bonds. The number of fused-ring (bicyclic) bond motifs is 1. The van der Waals surface area contributed by atoms with Crippen molar-refractivity contribution in [1.82, 2.24) is 4.90 Å². The van der Waals surface area contributed by atoms with Gasteiger partial charge >= 0.3 is 5.97 Å². The fraction of sp³-hybridized carbons (Fsp3) is 0.435. The molecule has 0 bridgehead atoms. The van der Waals surface area contributed by atoms with Crippen molar-refractivity contribution < 1.29 is 19.1 Å². The molecule has 5 nitrogen and oxygen atoms in total. The van der Waals surface area contributed by atoms with E-state index in [4.69, 9.17) is 4.74 Å². The van der Waals surface area contributed by atoms with Crippen molar-refractivity contribution in [2.45, 2.75) is 44.6 Å². The van der Waals surface area contributed by atoms with Crippen LogP contribution in [0, 0.1) is 5.92 Å². The molecule has 1 saturated carbocycles. The number of likely N-dealkylation sites (tertiary alicyclic amines) is 1. The summed E-state index contributed by atoms with van der Waals surface area (Å²) in [5, 5.41) is 1.82. The first kappa shape index (κ1) is 19.8. The predicted octanol–water partition coefficient (Wildman–Crippen LogP) is 4.32. The third-order valence-corrected chi connectivity index (χ3v) is 6.90. The van der Waals surface area contributed by atoms with Crippen LogP contribution in [-0.2, 0) is 9.53 Å². The van der Waals surface area contributed by atoms with Crippen LogP contribution in [0.25, 0.3) is 0 Å². The van der Waals surface area contributed by atoms with Crippen molar-refractivity contribution in [2.24, 2.45) is 5.92 Å². The van der Waals surface area contributed by atoms with Gasteiger partial charge in [0, 0.05) is 18.2 Å². The van der Waals surface area contributed by atoms with E-state index in [9.17, 15) is 14.4 Å². The Morgan fingerprint density at radius 1 is 0.966 bits per heavy atom. The van der Waals surface area contributed by atoms with E-state index in [1.807, 2.05) is 10.3 Å². The summed E-state index contributed by atoms with van der Waals surface area (Å²) in [6.07, 6.45) is 6.83. The third kappa shape index (κ3) is 4.27. The largest absolute Gasteiger partial charge is 0.452 e. The zero-order valence-electron chi connectivity index (χ0n) is 16.3. The maximum absolute atomic E-state index is 12.8. The molecule has 2 aliphatic rings. The SMILES string of the molecule is O=C(OCC(=O)N1CCC[C@H]2CCCC[C@H]21)c1ccccc1C(=O)c1cccs1. The highest BCUT2D eigenvalue weighted by Crippen LogP contribution is 2.35. The molecular weight excluding hydrogens is 386 g/mol. The van der Waals surface area contributed by atoms with Crippen molar-refractivity contribution in [3.05, 3.63) is 57.8 Å². The molecule has 4 rings (SSSR count). The maximum Gasteiger partial charge on any atom is 0.339 e. The molecule has 0 N–H and O–H groups in total. The highest BCUT2D eigenvalue weighted by Gasteiger charge is 2.36. The smallest absolute Gasteiger partial charge is 0.339 e. The van der Waals surface area contributed by atoms with Gasteiger partial charge in [-0.15, -0.1) is 11.3 Å². The summed E-state index contributed by atoms with van der Waals surface area (Å²) in [7, 11) is 0. The van der Waals surface area contributed by atoms with Gasteiger partial charge in [0.25, 0.3) is 5.91 Å². The van der Waals surface area contributed by atoms with E-state index in [0.29, 0.717) is 16.4 Å². The Morgan fingerprint density at radius 2 is 1.72 bits per heavy atom. The Hall–Kier alpha value is -2.47. The molecule has 152 valence electrons. The van der Waals surface area contributed by atoms with Crippen LogP contribution in [0.5, 0.6) is 0 Å². The van der Waals surface area contributed by atoms with Crippen LogP contribution in [0.2, 0.25) is 0 Å². The van der Waals surface area contributed by atoms with E-state index in [0.717, 1.165) is 25.8 Å². The zero-order valence-corrected chi connectivity index (χ0v) is 17.2. The van der Waals surface area contributed by atoms with Crippen molar-refractivity contribution in [1.29, 1.82) is 0 Å². The van der Waals surface area contributed by atoms with Gasteiger partial charge in [0.15, 0.2) is 6.61 Å². The first-order valence-corrected chi connectivity index (χ1v) is 11.2. The van der Waals surface area contributed by atoms with Gasteiger partial charge < -0.3 is 9.64 Å². The second-order valence-electron chi connectivity index (χ2n) is 7.77. The van der Waals surface area contributed by atoms with Crippen LogP contribution in [0.4, 0.5) is 0 Å². The number of piperidine rings is 1. The van der Waals surface area contributed by atoms with Gasteiger partial charge in [0.1, 0.15) is 0 Å². The number of esters is 1. The minimum atomic E-state index is -0.629. The fourth-order valence-electron chi connectivity index (χ4n) is 4.62. The van der Waals surface area contributed by atoms with Gasteiger partial charge in [-0.25, -0.2) is 4.79 Å². The van der Waals surface area contributed by atoms with E-state index in [1.165, 1.54) is 30.6 Å². The number of hydrogen-bond acceptors (Lipinski definition) is 5. The number of ether oxygens (including phenoxy) is 1. The number of amides is 1. The van der Waals surface area contributed by atoms with Gasteiger partial charge in [-0.05, 0) is 49.1 Å². The van der Waals surface area contributed by atoms with Crippen molar-refractivity contribution in [2.75, 3.05) is 13.2 Å². The van der Waals surface area contributed by atoms with Gasteiger partial charge in [-0.3, -0.25) is 9.59 Å². The average molecular weight is 412 g/mol. The first-order valence-electron chi connectivity index (χ1n) is 10.3. The lowest BCUT2D eigenvalue weighted by Crippen LogP contribution is -2.50. The quantitative estimate of drug-likeness (QED) is 0.543. The monoisotopic (exact) mass is 411 g/mol. The second kappa shape index (κ2) is 8.91. The topological polar surface area (TPSA) is 63.7 Å². The Kier molecular flexibility index (Phi) is 6.09. The molecule has 1 aliphatic heterocycles. The molecular formula is C23H25NO4S. The standard InChI is InChI=1S/C23H25NO4S/c25-21(24-13-5-8-16-7-1-4-11-19(16)24)15-28-23(27)18-10-3-2-9-17(18)22(26)20-12-6-14-29-20/h2-3,6,9-10,12,14,16,19H,1,4-5,7-8,11,13,15H2/t16-,19-/m1/s1. The van der Waals surface area contributed by atoms with E-state index in [-0.39, 0.29) is 29.9 Å². The normalized spacial score (nSPS) is 21.3. The summed E-state index contributed by atoms with van der Waals surface area (Å²) >= 11 is 1.33. The molecule has 1 aliphatic carbocycles. The number of carbonyl (C=O) groups excluding carboxylic acids is 3. The lowest BCUT2D eigenvalue weighted by atomic mass is 9.78. The number of hydrogen-bond donors (Lipinski definition) is 0. The van der Waals surface area contributed by atoms with Crippen molar-refractivity contribution >= 4 is 29.0 Å². The number of benzene rings is 1. The van der Waals surface area contributed by atoms with Crippen LogP contribution < -0.4 is 0 Å². The highest BCUT2D eigenvalue weighted by atomic mass is 32.1. The molecule has 29 heavy (non-hydrogen) atoms. The Balaban J connectivity index is 1.42. The first-order chi connectivity index (χ1) is 14.1. The number of rotatable bonds is 5. The van der Waals surface area contributed by atoms with E-state index in [2.05, 4.69) is 0 Å². The Labute approximate surface area is 174 Å². The molecule has 2 atom stereocenters. The van der Waals surface area contributed by atoms with Gasteiger partial charge in [0.05, 0.1) is 10.4 Å². The van der Waals surface area contributed by atoms with Gasteiger partial charge in [0.2, 0.25) is 5.78 Å². The average Bonchev–Trinajstić information content (AvgIpc) is 3.31. The molecule has 2 heterocycles. The number of thiophene rings is 1. The van der Waals surface area contributed by atoms with Crippen LogP contribution in [0.3, 0.4) is 0 Å². The van der Waals surface area contributed by atoms with Crippen LogP contribution in [0.15, 0.2) is 41.8 Å². The third-order valence-electron chi connectivity index (χ3n) is 6.03. The van der Waals surface area contributed by atoms with Crippen molar-refractivity contribution in [3.8, 4) is 0 Å². The van der Waals surface area contributed by atoms with E-state index >= 15 is 0 Å². The summed E-state index contributed by atoms with van der Waals surface area (Å²) in [5.74, 6) is -0.380. The molecule has 1 aromatic heterocycles. The molecule has 6 heteroatoms. The molecule has 2 fully saturated rings. The van der Waals surface area contributed by atoms with E-state index in [1.54, 1.807) is 36.4 Å². The Morgan fingerprint density at radius 3 is 2.52 bits per heavy atom. The molecule has 0 radical (unpaired) electrons. The molecule has 1 aromatic carbocycles. The lowest BCUT2D eigenvalue weighted by molar-refractivity contribution is -0.140. The van der Waals surface area contributed by atoms with E-state index < -0.39 is 5.97 Å². The summed E-state index contributed by atoms with van der Waals surface area (Å²) in [4.78, 5) is 40.6. The summed E-state index contributed by atoms with van der Waals surface area (Å²) in [6, 6.07) is 10.4. The number of carbonyl (C=O) groups is 3. The zero-order chi connectivity index (χ0) is 20.2. The maximum atomic E-state index is 12.8. The molecule has 1 saturated heterocycles. The Bertz CT molecular complexity index is 890. The number of nitrogens with zero attached hydrogens (tertiary/aromatic N) is 1. The van der Waals surface area contributed by atoms with Gasteiger partial charge in [-0.1, -0.05) is 37.1 Å². The molecule has 2 aromatic rings. The highest BCUT2D eigenvalue weighted by molar-refractivity contribution is 7.12. The van der Waals surface area contributed by atoms with Crippen LogP contribution in [0.1, 0.15) is 64.1 Å². The predicted molar refractivity (Wildman–Crippen MR) is 111 cm³/mol. The number of ketones is 1. The summed E-state index contributed by atoms with van der Waals surface area (Å²) in [5.41, 5.74) is 0.505. The summed E-state index contributed by atoms with van der Waals surface area (Å²) < 4.78 is 5.35. The molecule has 0 unspecified atom stereocenters. The van der Waals surface area contributed by atoms with Crippen LogP contribution >= 0.6 is 11.3 Å². The summed E-state index contributed by atoms with van der Waals surface area (Å²) in [6.45, 7) is 0.467. The van der Waals surface area contributed by atoms with Crippen molar-refractivity contribution in [3.63, 3.8) is 0 Å². The van der Waals surface area contributed by atoms with Crippen LogP contribution in [-0.4, -0.2) is 41.8 Å². The lowest BCUT2D eigenvalue weighted by Gasteiger charge is -2.44. The minimum absolute atomic E-state index is 0.128. The molecule has 0 spiro atoms. The fourth-order valence-corrected chi connectivity index (χ4v) is 5.30. The minimum Gasteiger partial charge on any atom is -0.452 e. The van der Waals surface area contributed by atoms with Gasteiger partial charge in [-0.2, -0.15) is 0 Å². The second-order valence-corrected chi connectivity index (χ2v) is 8.72.